The van der Waals surface area contributed by atoms with E-state index in [0.717, 1.165) is 28.6 Å². The molecule has 31 heavy (non-hydrogen) atoms. The Morgan fingerprint density at radius 3 is 2.77 bits per heavy atom. The van der Waals surface area contributed by atoms with E-state index in [1.165, 1.54) is 0 Å². The van der Waals surface area contributed by atoms with Gasteiger partial charge in [0, 0.05) is 18.4 Å². The van der Waals surface area contributed by atoms with Gasteiger partial charge in [0.2, 0.25) is 16.1 Å². The van der Waals surface area contributed by atoms with Crippen LogP contribution in [0.3, 0.4) is 0 Å². The monoisotopic (exact) mass is 452 g/mol. The number of oxime groups is 1. The number of amides is 3. The van der Waals surface area contributed by atoms with Crippen LogP contribution in [0.4, 0.5) is 4.79 Å². The molecule has 6 atom stereocenters. The summed E-state index contributed by atoms with van der Waals surface area (Å²) in [5.74, 6) is -0.0783. The summed E-state index contributed by atoms with van der Waals surface area (Å²) in [6.45, 7) is 4.71. The van der Waals surface area contributed by atoms with Crippen molar-refractivity contribution < 1.29 is 28.1 Å². The van der Waals surface area contributed by atoms with Gasteiger partial charge in [-0.2, -0.15) is 0 Å². The molecule has 2 aliphatic carbocycles. The van der Waals surface area contributed by atoms with Gasteiger partial charge in [0.05, 0.1) is 29.6 Å². The first-order valence-electron chi connectivity index (χ1n) is 11.1. The van der Waals surface area contributed by atoms with Gasteiger partial charge >= 0.3 is 6.03 Å². The van der Waals surface area contributed by atoms with E-state index < -0.39 is 28.1 Å². The Hall–Kier alpha value is -1.88. The van der Waals surface area contributed by atoms with Crippen LogP contribution in [0.2, 0.25) is 0 Å². The zero-order valence-electron chi connectivity index (χ0n) is 17.7. The Balaban J connectivity index is 1.22. The van der Waals surface area contributed by atoms with Crippen molar-refractivity contribution in [2.75, 3.05) is 12.3 Å². The quantitative estimate of drug-likeness (QED) is 0.628. The normalized spacial score (nSPS) is 44.0. The van der Waals surface area contributed by atoms with Gasteiger partial charge in [-0.25, -0.2) is 22.6 Å². The lowest BCUT2D eigenvalue weighted by molar-refractivity contribution is -0.139. The third-order valence-corrected chi connectivity index (χ3v) is 11.2. The zero-order chi connectivity index (χ0) is 21.9. The summed E-state index contributed by atoms with van der Waals surface area (Å²) in [4.78, 5) is 32.7. The number of rotatable bonds is 2. The van der Waals surface area contributed by atoms with Gasteiger partial charge < -0.3 is 9.74 Å². The Labute approximate surface area is 181 Å². The number of nitrogens with zero attached hydrogens (tertiary/aromatic N) is 4. The molecule has 1 spiro atoms. The molecular formula is C20H28N4O6S. The highest BCUT2D eigenvalue weighted by Gasteiger charge is 2.72. The molecule has 10 nitrogen and oxygen atoms in total. The van der Waals surface area contributed by atoms with Crippen LogP contribution in [0.25, 0.3) is 0 Å². The molecule has 170 valence electrons. The Kier molecular flexibility index (Phi) is 3.78. The summed E-state index contributed by atoms with van der Waals surface area (Å²) in [5, 5.41) is 14.8. The number of fused-ring (bicyclic) bond motifs is 3. The molecule has 3 amide bonds. The van der Waals surface area contributed by atoms with E-state index >= 15 is 0 Å². The number of carbonyl (C=O) groups is 2. The first kappa shape index (κ1) is 19.8. The van der Waals surface area contributed by atoms with Gasteiger partial charge in [0.15, 0.2) is 0 Å². The Bertz CT molecular complexity index is 1010. The van der Waals surface area contributed by atoms with Crippen LogP contribution in [0.5, 0.6) is 0 Å². The molecule has 6 rings (SSSR count). The molecular weight excluding hydrogens is 424 g/mol. The highest BCUT2D eigenvalue weighted by Crippen LogP contribution is 2.70. The fourth-order valence-corrected chi connectivity index (χ4v) is 10.0. The second-order valence-corrected chi connectivity index (χ2v) is 12.5. The molecule has 5 fully saturated rings. The van der Waals surface area contributed by atoms with E-state index in [1.807, 2.05) is 0 Å². The molecule has 0 aromatic carbocycles. The first-order chi connectivity index (χ1) is 14.6. The lowest BCUT2D eigenvalue weighted by atomic mass is 9.69. The standard InChI is InChI=1S/C20H28N4O6S/c1-19(2)11-5-6-20(19)10-31(28,29)24(16(20)7-11)17(25)15-8-13(21-30-15)14-4-3-12-9-22(14)18(26)23(12)27/h11-12,14-16,27H,3-10H2,1-2H3/t11?,12?,14-,15+,16?,20+/m0/s1. The van der Waals surface area contributed by atoms with E-state index in [1.54, 1.807) is 4.90 Å². The largest absolute Gasteiger partial charge is 0.382 e. The van der Waals surface area contributed by atoms with Crippen molar-refractivity contribution >= 4 is 27.7 Å². The van der Waals surface area contributed by atoms with Crippen molar-refractivity contribution in [2.24, 2.45) is 21.9 Å². The summed E-state index contributed by atoms with van der Waals surface area (Å²) in [6.07, 6.45) is 3.02. The number of carbonyl (C=O) groups excluding carboxylic acids is 2. The molecule has 3 unspecified atom stereocenters. The van der Waals surface area contributed by atoms with Crippen LogP contribution in [-0.4, -0.2) is 82.1 Å². The molecule has 4 bridgehead atoms. The SMILES string of the molecule is CC1(C)C2CC[C@]13CS(=O)(=O)N(C(=O)[C@H]1CC([C@@H]4CCC5CN4C(=O)N5O)=NO1)C3C2. The molecule has 11 heteroatoms. The predicted octanol–water partition coefficient (Wildman–Crippen LogP) is 1.16. The van der Waals surface area contributed by atoms with Gasteiger partial charge in [0.25, 0.3) is 5.91 Å². The van der Waals surface area contributed by atoms with Crippen LogP contribution in [0.1, 0.15) is 52.4 Å². The second kappa shape index (κ2) is 5.92. The van der Waals surface area contributed by atoms with Crippen molar-refractivity contribution in [1.29, 1.82) is 0 Å². The summed E-state index contributed by atoms with van der Waals surface area (Å²) >= 11 is 0. The Morgan fingerprint density at radius 1 is 1.26 bits per heavy atom. The third kappa shape index (κ3) is 2.31. The summed E-state index contributed by atoms with van der Waals surface area (Å²) in [5.41, 5.74) is 0.0856. The summed E-state index contributed by atoms with van der Waals surface area (Å²) in [7, 11) is -3.72. The molecule has 4 aliphatic heterocycles. The maximum atomic E-state index is 13.4. The molecule has 2 saturated carbocycles. The lowest BCUT2D eigenvalue weighted by Crippen LogP contribution is -2.49. The minimum Gasteiger partial charge on any atom is -0.382 e. The van der Waals surface area contributed by atoms with E-state index in [2.05, 4.69) is 19.0 Å². The van der Waals surface area contributed by atoms with Gasteiger partial charge in [-0.05, 0) is 43.4 Å². The molecule has 6 aliphatic rings. The maximum Gasteiger partial charge on any atom is 0.344 e. The van der Waals surface area contributed by atoms with Crippen molar-refractivity contribution in [2.45, 2.75) is 76.6 Å². The third-order valence-electron chi connectivity index (χ3n) is 9.32. The first-order valence-corrected chi connectivity index (χ1v) is 12.7. The van der Waals surface area contributed by atoms with Crippen molar-refractivity contribution in [3.8, 4) is 0 Å². The van der Waals surface area contributed by atoms with Crippen LogP contribution < -0.4 is 0 Å². The summed E-state index contributed by atoms with van der Waals surface area (Å²) < 4.78 is 27.4. The van der Waals surface area contributed by atoms with Crippen LogP contribution >= 0.6 is 0 Å². The van der Waals surface area contributed by atoms with Gasteiger partial charge in [-0.15, -0.1) is 0 Å². The molecule has 0 radical (unpaired) electrons. The molecule has 4 heterocycles. The highest BCUT2D eigenvalue weighted by atomic mass is 32.2. The Morgan fingerprint density at radius 2 is 2.03 bits per heavy atom. The van der Waals surface area contributed by atoms with E-state index in [9.17, 15) is 23.2 Å². The van der Waals surface area contributed by atoms with Crippen molar-refractivity contribution in [3.05, 3.63) is 0 Å². The number of hydroxylamine groups is 2. The second-order valence-electron chi connectivity index (χ2n) is 10.7. The van der Waals surface area contributed by atoms with E-state index in [4.69, 9.17) is 4.84 Å². The zero-order valence-corrected chi connectivity index (χ0v) is 18.5. The maximum absolute atomic E-state index is 13.4. The van der Waals surface area contributed by atoms with Gasteiger partial charge in [-0.1, -0.05) is 19.0 Å². The van der Waals surface area contributed by atoms with Crippen LogP contribution in [-0.2, 0) is 19.7 Å². The van der Waals surface area contributed by atoms with E-state index in [0.29, 0.717) is 31.0 Å². The highest BCUT2D eigenvalue weighted by molar-refractivity contribution is 7.90. The van der Waals surface area contributed by atoms with Crippen molar-refractivity contribution in [3.63, 3.8) is 0 Å². The van der Waals surface area contributed by atoms with Gasteiger partial charge in [-0.3, -0.25) is 10.0 Å². The predicted molar refractivity (Wildman–Crippen MR) is 107 cm³/mol. The number of urea groups is 1. The molecule has 3 saturated heterocycles. The fraction of sp³-hybridized carbons (Fsp3) is 0.850. The minimum atomic E-state index is -3.72. The van der Waals surface area contributed by atoms with Crippen molar-refractivity contribution in [1.82, 2.24) is 14.3 Å². The van der Waals surface area contributed by atoms with Crippen LogP contribution in [0.15, 0.2) is 5.16 Å². The fourth-order valence-electron chi connectivity index (χ4n) is 7.44. The summed E-state index contributed by atoms with van der Waals surface area (Å²) in [6, 6.07) is -1.30. The minimum absolute atomic E-state index is 0.0268. The topological polar surface area (TPSA) is 120 Å². The average Bonchev–Trinajstić information content (AvgIpc) is 3.45. The van der Waals surface area contributed by atoms with Crippen LogP contribution in [0, 0.1) is 16.7 Å². The van der Waals surface area contributed by atoms with Gasteiger partial charge in [0.1, 0.15) is 0 Å². The average molecular weight is 453 g/mol. The number of hydrogen-bond donors (Lipinski definition) is 1. The molecule has 0 aromatic heterocycles. The smallest absolute Gasteiger partial charge is 0.344 e. The lowest BCUT2D eigenvalue weighted by Gasteiger charge is -2.37. The number of piperidine rings is 1. The van der Waals surface area contributed by atoms with E-state index in [-0.39, 0.29) is 41.1 Å². The number of sulfonamides is 1. The molecule has 1 N–H and O–H groups in total. The number of hydrogen-bond acceptors (Lipinski definition) is 7. The molecule has 0 aromatic rings.